The number of rotatable bonds is 3. The van der Waals surface area contributed by atoms with E-state index in [1.165, 1.54) is 31.4 Å². The topological polar surface area (TPSA) is 101 Å². The molecule has 1 heterocycles. The summed E-state index contributed by atoms with van der Waals surface area (Å²) in [5.41, 5.74) is 5.00. The number of hydrogen-bond donors (Lipinski definition) is 2. The van der Waals surface area contributed by atoms with Gasteiger partial charge in [0, 0.05) is 23.1 Å². The summed E-state index contributed by atoms with van der Waals surface area (Å²) in [6.07, 6.45) is 2.19. The molecule has 1 aromatic carbocycles. The van der Waals surface area contributed by atoms with Gasteiger partial charge in [-0.25, -0.2) is 10.2 Å². The van der Waals surface area contributed by atoms with Crippen molar-refractivity contribution in [2.24, 2.45) is 5.10 Å². The zero-order valence-corrected chi connectivity index (χ0v) is 14.0. The zero-order valence-electron chi connectivity index (χ0n) is 14.0. The molecule has 2 N–H and O–H groups in total. The Balaban J connectivity index is 1.86. The molecule has 0 aliphatic heterocycles. The summed E-state index contributed by atoms with van der Waals surface area (Å²) in [4.78, 5) is 23.9. The fourth-order valence-electron chi connectivity index (χ4n) is 2.86. The number of phenolic OH excluding ortho intramolecular Hbond substituents is 1. The molecule has 7 heteroatoms. The highest BCUT2D eigenvalue weighted by Crippen LogP contribution is 2.30. The van der Waals surface area contributed by atoms with Crippen molar-refractivity contribution in [2.45, 2.75) is 26.2 Å². The minimum absolute atomic E-state index is 0.0872. The second-order valence-electron chi connectivity index (χ2n) is 5.75. The third-order valence-electron chi connectivity index (χ3n) is 4.12. The lowest BCUT2D eigenvalue weighted by molar-refractivity contribution is 0.0561. The van der Waals surface area contributed by atoms with Crippen molar-refractivity contribution in [2.75, 3.05) is 7.11 Å². The number of nitrogens with one attached hydrogen (secondary N) is 1. The first-order valence-electron chi connectivity index (χ1n) is 7.88. The highest BCUT2D eigenvalue weighted by atomic mass is 16.5. The number of carbonyl (C=O) groups is 2. The molecule has 2 aromatic rings. The van der Waals surface area contributed by atoms with Gasteiger partial charge in [0.15, 0.2) is 0 Å². The number of furan rings is 1. The van der Waals surface area contributed by atoms with Crippen LogP contribution in [0, 0.1) is 6.92 Å². The van der Waals surface area contributed by atoms with E-state index in [4.69, 9.17) is 9.15 Å². The van der Waals surface area contributed by atoms with E-state index in [1.807, 2.05) is 0 Å². The van der Waals surface area contributed by atoms with E-state index in [0.717, 1.165) is 12.0 Å². The molecule has 0 saturated heterocycles. The molecule has 1 aromatic heterocycles. The first-order valence-corrected chi connectivity index (χ1v) is 7.88. The summed E-state index contributed by atoms with van der Waals surface area (Å²) in [7, 11) is 1.30. The molecule has 1 aliphatic carbocycles. The molecule has 0 fully saturated rings. The van der Waals surface area contributed by atoms with Gasteiger partial charge in [-0.15, -0.1) is 0 Å². The van der Waals surface area contributed by atoms with Crippen molar-refractivity contribution in [1.82, 2.24) is 5.43 Å². The molecule has 1 amide bonds. The second-order valence-corrected chi connectivity index (χ2v) is 5.75. The molecule has 0 unspecified atom stereocenters. The maximum absolute atomic E-state index is 12.2. The molecule has 1 aliphatic rings. The van der Waals surface area contributed by atoms with Crippen molar-refractivity contribution in [1.29, 1.82) is 0 Å². The van der Waals surface area contributed by atoms with Gasteiger partial charge in [-0.2, -0.15) is 5.10 Å². The van der Waals surface area contributed by atoms with Crippen LogP contribution in [0.4, 0.5) is 0 Å². The predicted octanol–water partition coefficient (Wildman–Crippen LogP) is 2.55. The Hall–Kier alpha value is -3.09. The number of ether oxygens (including phenoxy) is 1. The maximum Gasteiger partial charge on any atom is 0.374 e. The lowest BCUT2D eigenvalue weighted by Crippen LogP contribution is -2.22. The number of fused-ring (bicyclic) bond motifs is 1. The average molecular weight is 342 g/mol. The van der Waals surface area contributed by atoms with Gasteiger partial charge in [0.25, 0.3) is 5.91 Å². The normalized spacial score (nSPS) is 14.9. The van der Waals surface area contributed by atoms with Gasteiger partial charge in [0.1, 0.15) is 11.5 Å². The Kier molecular flexibility index (Phi) is 4.56. The van der Waals surface area contributed by atoms with Gasteiger partial charge in [-0.3, -0.25) is 4.79 Å². The van der Waals surface area contributed by atoms with Crippen LogP contribution in [0.15, 0.2) is 33.8 Å². The summed E-state index contributed by atoms with van der Waals surface area (Å²) < 4.78 is 10.4. The molecular formula is C18H18N2O5. The number of hydrazone groups is 1. The Labute approximate surface area is 144 Å². The van der Waals surface area contributed by atoms with Crippen molar-refractivity contribution in [3.63, 3.8) is 0 Å². The molecule has 130 valence electrons. The number of amides is 1. The predicted molar refractivity (Wildman–Crippen MR) is 89.8 cm³/mol. The molecule has 25 heavy (non-hydrogen) atoms. The number of aromatic hydroxyl groups is 1. The monoisotopic (exact) mass is 342 g/mol. The van der Waals surface area contributed by atoms with Gasteiger partial charge in [-0.1, -0.05) is 0 Å². The number of benzene rings is 1. The molecular weight excluding hydrogens is 324 g/mol. The number of esters is 1. The molecule has 0 saturated carbocycles. The van der Waals surface area contributed by atoms with E-state index < -0.39 is 5.97 Å². The summed E-state index contributed by atoms with van der Waals surface area (Å²) >= 11 is 0. The van der Waals surface area contributed by atoms with Crippen LogP contribution in [0.25, 0.3) is 0 Å². The average Bonchev–Trinajstić information content (AvgIpc) is 2.97. The van der Waals surface area contributed by atoms with Crippen molar-refractivity contribution in [3.05, 3.63) is 52.5 Å². The van der Waals surface area contributed by atoms with Crippen molar-refractivity contribution >= 4 is 17.6 Å². The zero-order chi connectivity index (χ0) is 18.0. The fourth-order valence-corrected chi connectivity index (χ4v) is 2.86. The van der Waals surface area contributed by atoms with E-state index >= 15 is 0 Å². The van der Waals surface area contributed by atoms with Crippen molar-refractivity contribution < 1.29 is 23.8 Å². The lowest BCUT2D eigenvalue weighted by Gasteiger charge is -2.13. The van der Waals surface area contributed by atoms with E-state index in [2.05, 4.69) is 10.5 Å². The molecule has 0 radical (unpaired) electrons. The summed E-state index contributed by atoms with van der Waals surface area (Å²) in [5.74, 6) is 0.0335. The Bertz CT molecular complexity index is 849. The van der Waals surface area contributed by atoms with Gasteiger partial charge >= 0.3 is 5.97 Å². The SMILES string of the molecule is COC(=O)c1oc2c(c1C)/C(=N/NC(=O)c1ccc(O)cc1)CCC2. The Morgan fingerprint density at radius 2 is 1.96 bits per heavy atom. The van der Waals surface area contributed by atoms with Crippen LogP contribution in [0.5, 0.6) is 5.75 Å². The summed E-state index contributed by atoms with van der Waals surface area (Å²) in [5, 5.41) is 13.5. The minimum Gasteiger partial charge on any atom is -0.508 e. The fraction of sp³-hybridized carbons (Fsp3) is 0.278. The van der Waals surface area contributed by atoms with Gasteiger partial charge < -0.3 is 14.3 Å². The summed E-state index contributed by atoms with van der Waals surface area (Å²) in [6.45, 7) is 1.78. The van der Waals surface area contributed by atoms with Gasteiger partial charge in [0.2, 0.25) is 5.76 Å². The van der Waals surface area contributed by atoms with Crippen LogP contribution >= 0.6 is 0 Å². The van der Waals surface area contributed by atoms with Crippen LogP contribution in [0.2, 0.25) is 0 Å². The van der Waals surface area contributed by atoms with Gasteiger partial charge in [0.05, 0.1) is 12.8 Å². The Morgan fingerprint density at radius 1 is 1.24 bits per heavy atom. The van der Waals surface area contributed by atoms with Crippen LogP contribution in [-0.4, -0.2) is 29.8 Å². The van der Waals surface area contributed by atoms with Crippen LogP contribution in [0.1, 0.15) is 50.6 Å². The maximum atomic E-state index is 12.2. The number of hydrogen-bond acceptors (Lipinski definition) is 6. The van der Waals surface area contributed by atoms with Crippen LogP contribution in [0.3, 0.4) is 0 Å². The number of phenols is 1. The van der Waals surface area contributed by atoms with Crippen LogP contribution < -0.4 is 5.43 Å². The second kappa shape index (κ2) is 6.80. The first kappa shape index (κ1) is 16.8. The molecule has 7 nitrogen and oxygen atoms in total. The number of carbonyl (C=O) groups excluding carboxylic acids is 2. The third-order valence-corrected chi connectivity index (χ3v) is 4.12. The number of aryl methyl sites for hydroxylation is 1. The minimum atomic E-state index is -0.528. The smallest absolute Gasteiger partial charge is 0.374 e. The molecule has 3 rings (SSSR count). The Morgan fingerprint density at radius 3 is 2.64 bits per heavy atom. The lowest BCUT2D eigenvalue weighted by atomic mass is 9.93. The quantitative estimate of drug-likeness (QED) is 0.659. The largest absolute Gasteiger partial charge is 0.508 e. The van der Waals surface area contributed by atoms with E-state index in [-0.39, 0.29) is 17.4 Å². The van der Waals surface area contributed by atoms with E-state index in [1.54, 1.807) is 6.92 Å². The first-order chi connectivity index (χ1) is 12.0. The standard InChI is InChI=1S/C18H18N2O5/c1-10-15-13(4-3-5-14(15)25-16(10)18(23)24-2)19-20-17(22)11-6-8-12(21)9-7-11/h6-9,21H,3-5H2,1-2H3,(H,20,22)/b19-13+. The van der Waals surface area contributed by atoms with E-state index in [0.29, 0.717) is 35.4 Å². The van der Waals surface area contributed by atoms with Crippen LogP contribution in [-0.2, 0) is 11.2 Å². The molecule has 0 atom stereocenters. The van der Waals surface area contributed by atoms with E-state index in [9.17, 15) is 14.7 Å². The highest BCUT2D eigenvalue weighted by Gasteiger charge is 2.28. The molecule has 0 bridgehead atoms. The number of nitrogens with zero attached hydrogens (tertiary/aromatic N) is 1. The highest BCUT2D eigenvalue weighted by molar-refractivity contribution is 6.06. The summed E-state index contributed by atoms with van der Waals surface area (Å²) in [6, 6.07) is 5.89. The van der Waals surface area contributed by atoms with Gasteiger partial charge in [-0.05, 0) is 44.0 Å². The molecule has 0 spiro atoms. The third kappa shape index (κ3) is 3.26. The van der Waals surface area contributed by atoms with Crippen molar-refractivity contribution in [3.8, 4) is 5.75 Å². The number of methoxy groups -OCH3 is 1.